The van der Waals surface area contributed by atoms with E-state index in [2.05, 4.69) is 20.8 Å². The third-order valence-corrected chi connectivity index (χ3v) is 2.84. The molecule has 1 fully saturated rings. The van der Waals surface area contributed by atoms with Gasteiger partial charge in [0.05, 0.1) is 31.5 Å². The molecule has 3 heteroatoms. The van der Waals surface area contributed by atoms with Crippen LogP contribution in [-0.4, -0.2) is 38.1 Å². The van der Waals surface area contributed by atoms with Gasteiger partial charge in [-0.2, -0.15) is 0 Å². The number of hydrogen-bond donors (Lipinski definition) is 0. The molecule has 0 radical (unpaired) electrons. The van der Waals surface area contributed by atoms with E-state index in [1.165, 1.54) is 19.3 Å². The Morgan fingerprint density at radius 3 is 2.31 bits per heavy atom. The standard InChI is InChI=1S/C13H26O3/c1-4-8-14-11(2)9-15-12(3)10-16-13-6-5-7-13/h11-13H,4-10H2,1-3H3. The molecule has 1 aliphatic rings. The van der Waals surface area contributed by atoms with Crippen LogP contribution in [0.1, 0.15) is 46.5 Å². The molecule has 16 heavy (non-hydrogen) atoms. The minimum absolute atomic E-state index is 0.174. The zero-order valence-electron chi connectivity index (χ0n) is 10.9. The molecule has 0 heterocycles. The van der Waals surface area contributed by atoms with Gasteiger partial charge in [0.15, 0.2) is 0 Å². The summed E-state index contributed by atoms with van der Waals surface area (Å²) in [5.41, 5.74) is 0. The predicted octanol–water partition coefficient (Wildman–Crippen LogP) is 2.78. The highest BCUT2D eigenvalue weighted by Gasteiger charge is 2.18. The molecule has 0 aromatic carbocycles. The van der Waals surface area contributed by atoms with Crippen LogP contribution in [-0.2, 0) is 14.2 Å². The van der Waals surface area contributed by atoms with Gasteiger partial charge in [0.25, 0.3) is 0 Å². The molecule has 3 nitrogen and oxygen atoms in total. The van der Waals surface area contributed by atoms with Crippen molar-refractivity contribution in [1.29, 1.82) is 0 Å². The number of rotatable bonds is 9. The molecular weight excluding hydrogens is 204 g/mol. The Morgan fingerprint density at radius 2 is 1.75 bits per heavy atom. The normalized spacial score (nSPS) is 20.4. The molecule has 0 bridgehead atoms. The minimum atomic E-state index is 0.174. The minimum Gasteiger partial charge on any atom is -0.376 e. The smallest absolute Gasteiger partial charge is 0.0781 e. The van der Waals surface area contributed by atoms with Crippen LogP contribution < -0.4 is 0 Å². The lowest BCUT2D eigenvalue weighted by Crippen LogP contribution is -2.28. The van der Waals surface area contributed by atoms with Gasteiger partial charge in [0.1, 0.15) is 0 Å². The maximum atomic E-state index is 5.69. The van der Waals surface area contributed by atoms with E-state index in [1.807, 2.05) is 0 Å². The number of ether oxygens (including phenoxy) is 3. The molecule has 0 spiro atoms. The second-order valence-corrected chi connectivity index (χ2v) is 4.71. The Morgan fingerprint density at radius 1 is 1.06 bits per heavy atom. The largest absolute Gasteiger partial charge is 0.376 e. The lowest BCUT2D eigenvalue weighted by molar-refractivity contribution is -0.0830. The molecule has 1 saturated carbocycles. The Labute approximate surface area is 99.5 Å². The first kappa shape index (κ1) is 13.9. The summed E-state index contributed by atoms with van der Waals surface area (Å²) in [5.74, 6) is 0. The molecule has 0 aromatic heterocycles. The van der Waals surface area contributed by atoms with E-state index in [9.17, 15) is 0 Å². The van der Waals surface area contributed by atoms with Crippen LogP contribution in [0.4, 0.5) is 0 Å². The fourth-order valence-electron chi connectivity index (χ4n) is 1.52. The average Bonchev–Trinajstić information content (AvgIpc) is 2.21. The Hall–Kier alpha value is -0.120. The lowest BCUT2D eigenvalue weighted by atomic mass is 9.96. The van der Waals surface area contributed by atoms with Crippen LogP contribution in [0, 0.1) is 0 Å². The lowest BCUT2D eigenvalue weighted by Gasteiger charge is -2.27. The van der Waals surface area contributed by atoms with E-state index in [0.717, 1.165) is 13.0 Å². The van der Waals surface area contributed by atoms with Crippen LogP contribution in [0.5, 0.6) is 0 Å². The van der Waals surface area contributed by atoms with Gasteiger partial charge >= 0.3 is 0 Å². The summed E-state index contributed by atoms with van der Waals surface area (Å²) >= 11 is 0. The molecule has 96 valence electrons. The van der Waals surface area contributed by atoms with Gasteiger partial charge in [-0.05, 0) is 39.5 Å². The third kappa shape index (κ3) is 5.83. The van der Waals surface area contributed by atoms with Crippen LogP contribution in [0.25, 0.3) is 0 Å². The zero-order valence-corrected chi connectivity index (χ0v) is 10.9. The van der Waals surface area contributed by atoms with Crippen molar-refractivity contribution >= 4 is 0 Å². The predicted molar refractivity (Wildman–Crippen MR) is 64.7 cm³/mol. The van der Waals surface area contributed by atoms with Gasteiger partial charge < -0.3 is 14.2 Å². The zero-order chi connectivity index (χ0) is 11.8. The molecule has 0 saturated heterocycles. The summed E-state index contributed by atoms with van der Waals surface area (Å²) in [4.78, 5) is 0. The van der Waals surface area contributed by atoms with Gasteiger partial charge in [0.2, 0.25) is 0 Å². The van der Waals surface area contributed by atoms with Gasteiger partial charge in [-0.3, -0.25) is 0 Å². The van der Waals surface area contributed by atoms with Gasteiger partial charge in [-0.15, -0.1) is 0 Å². The van der Waals surface area contributed by atoms with Gasteiger partial charge in [-0.1, -0.05) is 6.92 Å². The molecular formula is C13H26O3. The average molecular weight is 230 g/mol. The second-order valence-electron chi connectivity index (χ2n) is 4.71. The summed E-state index contributed by atoms with van der Waals surface area (Å²) in [6, 6.07) is 0. The molecule has 0 amide bonds. The maximum absolute atomic E-state index is 5.69. The summed E-state index contributed by atoms with van der Waals surface area (Å²) in [6.07, 6.45) is 5.69. The summed E-state index contributed by atoms with van der Waals surface area (Å²) < 4.78 is 16.9. The van der Waals surface area contributed by atoms with Crippen molar-refractivity contribution in [3.05, 3.63) is 0 Å². The summed E-state index contributed by atoms with van der Waals surface area (Å²) in [5, 5.41) is 0. The highest BCUT2D eigenvalue weighted by Crippen LogP contribution is 2.22. The Bertz CT molecular complexity index is 169. The van der Waals surface area contributed by atoms with Crippen molar-refractivity contribution in [3.8, 4) is 0 Å². The summed E-state index contributed by atoms with van der Waals surface area (Å²) in [7, 11) is 0. The van der Waals surface area contributed by atoms with Gasteiger partial charge in [-0.25, -0.2) is 0 Å². The third-order valence-electron chi connectivity index (χ3n) is 2.84. The van der Waals surface area contributed by atoms with E-state index in [-0.39, 0.29) is 12.2 Å². The quantitative estimate of drug-likeness (QED) is 0.609. The molecule has 2 atom stereocenters. The van der Waals surface area contributed by atoms with Gasteiger partial charge in [0, 0.05) is 6.61 Å². The topological polar surface area (TPSA) is 27.7 Å². The van der Waals surface area contributed by atoms with Crippen molar-refractivity contribution in [3.63, 3.8) is 0 Å². The van der Waals surface area contributed by atoms with Crippen LogP contribution >= 0.6 is 0 Å². The number of hydrogen-bond acceptors (Lipinski definition) is 3. The van der Waals surface area contributed by atoms with E-state index >= 15 is 0 Å². The SMILES string of the molecule is CCCOC(C)COC(C)COC1CCC1. The van der Waals surface area contributed by atoms with Crippen molar-refractivity contribution in [2.75, 3.05) is 19.8 Å². The van der Waals surface area contributed by atoms with Crippen molar-refractivity contribution in [2.24, 2.45) is 0 Å². The van der Waals surface area contributed by atoms with Crippen LogP contribution in [0.15, 0.2) is 0 Å². The second kappa shape index (κ2) is 8.04. The highest BCUT2D eigenvalue weighted by molar-refractivity contribution is 4.69. The van der Waals surface area contributed by atoms with Crippen molar-refractivity contribution in [2.45, 2.75) is 64.8 Å². The molecule has 1 aliphatic carbocycles. The first-order valence-corrected chi connectivity index (χ1v) is 6.57. The molecule has 1 rings (SSSR count). The monoisotopic (exact) mass is 230 g/mol. The van der Waals surface area contributed by atoms with Crippen molar-refractivity contribution < 1.29 is 14.2 Å². The highest BCUT2D eigenvalue weighted by atomic mass is 16.6. The maximum Gasteiger partial charge on any atom is 0.0781 e. The van der Waals surface area contributed by atoms with E-state index in [0.29, 0.717) is 19.3 Å². The van der Waals surface area contributed by atoms with Crippen LogP contribution in [0.2, 0.25) is 0 Å². The fraction of sp³-hybridized carbons (Fsp3) is 1.00. The van der Waals surface area contributed by atoms with E-state index in [1.54, 1.807) is 0 Å². The molecule has 0 aliphatic heterocycles. The molecule has 0 N–H and O–H groups in total. The first-order chi connectivity index (χ1) is 7.72. The van der Waals surface area contributed by atoms with Crippen molar-refractivity contribution in [1.82, 2.24) is 0 Å². The fourth-order valence-corrected chi connectivity index (χ4v) is 1.52. The Kier molecular flexibility index (Phi) is 7.01. The van der Waals surface area contributed by atoms with E-state index in [4.69, 9.17) is 14.2 Å². The molecule has 0 aromatic rings. The Balaban J connectivity index is 1.93. The summed E-state index contributed by atoms with van der Waals surface area (Å²) in [6.45, 7) is 8.42. The first-order valence-electron chi connectivity index (χ1n) is 6.57. The van der Waals surface area contributed by atoms with Crippen LogP contribution in [0.3, 0.4) is 0 Å². The van der Waals surface area contributed by atoms with E-state index < -0.39 is 0 Å². The molecule has 2 unspecified atom stereocenters.